The van der Waals surface area contributed by atoms with Crippen molar-refractivity contribution in [2.75, 3.05) is 13.1 Å². The van der Waals surface area contributed by atoms with Gasteiger partial charge in [-0.2, -0.15) is 0 Å². The van der Waals surface area contributed by atoms with E-state index in [1.165, 1.54) is 19.3 Å². The standard InChI is InChI=1S/C22H31NO3/c1-14-4-3-9-22(26)18-12-16-7-8-17(24)20(25)19(16)21(14,22)10-11-23(18)13-15-5-2-6-15/h7-8,14-15,18,24-26H,2-6,9-13H2,1H3/t14?,18-,21-,22-/m1/s1. The van der Waals surface area contributed by atoms with Crippen LogP contribution in [0.1, 0.15) is 63.0 Å². The third-order valence-electron chi connectivity index (χ3n) is 8.41. The Morgan fingerprint density at radius 1 is 1.12 bits per heavy atom. The molecule has 2 bridgehead atoms. The normalized spacial score (nSPS) is 39.8. The van der Waals surface area contributed by atoms with Crippen LogP contribution in [0.5, 0.6) is 11.5 Å². The molecule has 0 radical (unpaired) electrons. The summed E-state index contributed by atoms with van der Waals surface area (Å²) in [5.41, 5.74) is 0.752. The molecule has 1 aromatic rings. The van der Waals surface area contributed by atoms with Gasteiger partial charge in [-0.25, -0.2) is 0 Å². The van der Waals surface area contributed by atoms with Crippen LogP contribution in [0.4, 0.5) is 0 Å². The molecule has 4 atom stereocenters. The number of benzene rings is 1. The highest BCUT2D eigenvalue weighted by Gasteiger charge is 2.66. The number of nitrogens with zero attached hydrogens (tertiary/aromatic N) is 1. The van der Waals surface area contributed by atoms with Gasteiger partial charge in [0.15, 0.2) is 11.5 Å². The van der Waals surface area contributed by atoms with Crippen LogP contribution in [0.3, 0.4) is 0 Å². The molecule has 3 aliphatic carbocycles. The van der Waals surface area contributed by atoms with E-state index in [1.54, 1.807) is 6.07 Å². The number of aliphatic hydroxyl groups is 1. The fourth-order valence-electron chi connectivity index (χ4n) is 6.89. The SMILES string of the molecule is CC1CCC[C@@]2(O)[C@H]3Cc4ccc(O)c(O)c4[C@@]12CCN3CC1CCC1. The average molecular weight is 357 g/mol. The lowest BCUT2D eigenvalue weighted by Gasteiger charge is -2.66. The molecule has 4 nitrogen and oxygen atoms in total. The Hall–Kier alpha value is -1.26. The van der Waals surface area contributed by atoms with Gasteiger partial charge in [-0.05, 0) is 68.5 Å². The Balaban J connectivity index is 1.66. The van der Waals surface area contributed by atoms with E-state index in [1.807, 2.05) is 6.07 Å². The van der Waals surface area contributed by atoms with Crippen LogP contribution in [0.15, 0.2) is 12.1 Å². The molecule has 0 spiro atoms. The van der Waals surface area contributed by atoms with Crippen LogP contribution in [0, 0.1) is 11.8 Å². The van der Waals surface area contributed by atoms with Crippen molar-refractivity contribution >= 4 is 0 Å². The summed E-state index contributed by atoms with van der Waals surface area (Å²) in [6, 6.07) is 3.73. The van der Waals surface area contributed by atoms with Crippen LogP contribution >= 0.6 is 0 Å². The third kappa shape index (κ3) is 1.98. The predicted octanol–water partition coefficient (Wildman–Crippen LogP) is 3.32. The second-order valence-corrected chi connectivity index (χ2v) is 9.42. The number of rotatable bonds is 2. The molecule has 4 aliphatic rings. The fourth-order valence-corrected chi connectivity index (χ4v) is 6.89. The number of fused-ring (bicyclic) bond motifs is 1. The molecule has 2 saturated carbocycles. The summed E-state index contributed by atoms with van der Waals surface area (Å²) in [6.07, 6.45) is 8.58. The summed E-state index contributed by atoms with van der Waals surface area (Å²) in [7, 11) is 0. The van der Waals surface area contributed by atoms with E-state index in [0.29, 0.717) is 5.92 Å². The van der Waals surface area contributed by atoms with Gasteiger partial charge in [-0.1, -0.05) is 25.8 Å². The van der Waals surface area contributed by atoms with E-state index in [4.69, 9.17) is 0 Å². The Bertz CT molecular complexity index is 730. The van der Waals surface area contributed by atoms with Crippen LogP contribution in [0.2, 0.25) is 0 Å². The number of hydrogen-bond acceptors (Lipinski definition) is 4. The minimum atomic E-state index is -0.801. The second kappa shape index (κ2) is 5.62. The Morgan fingerprint density at radius 3 is 2.65 bits per heavy atom. The number of hydrogen-bond donors (Lipinski definition) is 3. The van der Waals surface area contributed by atoms with Crippen LogP contribution in [-0.2, 0) is 11.8 Å². The zero-order valence-electron chi connectivity index (χ0n) is 15.7. The summed E-state index contributed by atoms with van der Waals surface area (Å²) < 4.78 is 0. The summed E-state index contributed by atoms with van der Waals surface area (Å²) in [5, 5.41) is 33.1. The van der Waals surface area contributed by atoms with Crippen LogP contribution < -0.4 is 0 Å². The van der Waals surface area contributed by atoms with E-state index in [0.717, 1.165) is 62.2 Å². The smallest absolute Gasteiger partial charge is 0.161 e. The Morgan fingerprint density at radius 2 is 1.92 bits per heavy atom. The summed E-state index contributed by atoms with van der Waals surface area (Å²) >= 11 is 0. The number of aromatic hydroxyl groups is 2. The van der Waals surface area contributed by atoms with Crippen molar-refractivity contribution in [3.63, 3.8) is 0 Å². The van der Waals surface area contributed by atoms with Gasteiger partial charge in [0.05, 0.1) is 5.60 Å². The maximum atomic E-state index is 12.1. The Labute approximate surface area is 155 Å². The predicted molar refractivity (Wildman–Crippen MR) is 100 cm³/mol. The van der Waals surface area contributed by atoms with Crippen molar-refractivity contribution in [1.82, 2.24) is 4.90 Å². The molecule has 5 rings (SSSR count). The van der Waals surface area contributed by atoms with Crippen LogP contribution in [0.25, 0.3) is 0 Å². The van der Waals surface area contributed by atoms with Crippen LogP contribution in [-0.4, -0.2) is 45.0 Å². The van der Waals surface area contributed by atoms with Gasteiger partial charge in [-0.3, -0.25) is 4.90 Å². The average Bonchev–Trinajstić information content (AvgIpc) is 2.56. The fraction of sp³-hybridized carbons (Fsp3) is 0.727. The summed E-state index contributed by atoms with van der Waals surface area (Å²) in [4.78, 5) is 2.56. The highest BCUT2D eigenvalue weighted by atomic mass is 16.3. The molecule has 3 N–H and O–H groups in total. The van der Waals surface area contributed by atoms with Gasteiger partial charge in [-0.15, -0.1) is 0 Å². The molecule has 1 aliphatic heterocycles. The van der Waals surface area contributed by atoms with Gasteiger partial charge < -0.3 is 15.3 Å². The Kier molecular flexibility index (Phi) is 3.65. The topological polar surface area (TPSA) is 63.9 Å². The largest absolute Gasteiger partial charge is 0.504 e. The van der Waals surface area contributed by atoms with E-state index >= 15 is 0 Å². The van der Waals surface area contributed by atoms with E-state index in [-0.39, 0.29) is 17.5 Å². The maximum absolute atomic E-state index is 12.1. The van der Waals surface area contributed by atoms with E-state index < -0.39 is 11.0 Å². The monoisotopic (exact) mass is 357 g/mol. The van der Waals surface area contributed by atoms with Crippen molar-refractivity contribution in [2.24, 2.45) is 11.8 Å². The first kappa shape index (κ1) is 16.9. The van der Waals surface area contributed by atoms with Gasteiger partial charge >= 0.3 is 0 Å². The first-order valence-electron chi connectivity index (χ1n) is 10.5. The molecule has 1 unspecified atom stereocenters. The number of phenolic OH excluding ortho intramolecular Hbond substituents is 2. The van der Waals surface area contributed by atoms with Gasteiger partial charge in [0.25, 0.3) is 0 Å². The van der Waals surface area contributed by atoms with Crippen molar-refractivity contribution in [1.29, 1.82) is 0 Å². The first-order valence-corrected chi connectivity index (χ1v) is 10.5. The van der Waals surface area contributed by atoms with Gasteiger partial charge in [0.1, 0.15) is 0 Å². The van der Waals surface area contributed by atoms with Crippen molar-refractivity contribution in [3.05, 3.63) is 23.3 Å². The molecule has 0 aromatic heterocycles. The third-order valence-corrected chi connectivity index (χ3v) is 8.41. The molecule has 26 heavy (non-hydrogen) atoms. The first-order chi connectivity index (χ1) is 12.5. The molecule has 1 saturated heterocycles. The summed E-state index contributed by atoms with van der Waals surface area (Å²) in [5.74, 6) is 1.07. The van der Waals surface area contributed by atoms with Gasteiger partial charge in [0.2, 0.25) is 0 Å². The molecule has 3 fully saturated rings. The lowest BCUT2D eigenvalue weighted by atomic mass is 9.46. The molecule has 4 heteroatoms. The highest BCUT2D eigenvalue weighted by Crippen LogP contribution is 2.63. The number of likely N-dealkylation sites (tertiary alicyclic amines) is 1. The highest BCUT2D eigenvalue weighted by molar-refractivity contribution is 5.58. The zero-order valence-corrected chi connectivity index (χ0v) is 15.7. The number of phenols is 2. The summed E-state index contributed by atoms with van der Waals surface area (Å²) in [6.45, 7) is 4.33. The van der Waals surface area contributed by atoms with Crippen molar-refractivity contribution < 1.29 is 15.3 Å². The number of piperidine rings is 1. The van der Waals surface area contributed by atoms with Crippen molar-refractivity contribution in [2.45, 2.75) is 75.3 Å². The molecule has 1 aromatic carbocycles. The zero-order chi connectivity index (χ0) is 18.1. The van der Waals surface area contributed by atoms with Crippen molar-refractivity contribution in [3.8, 4) is 11.5 Å². The minimum absolute atomic E-state index is 0.0144. The molecular weight excluding hydrogens is 326 g/mol. The maximum Gasteiger partial charge on any atom is 0.161 e. The quantitative estimate of drug-likeness (QED) is 0.711. The molecule has 1 heterocycles. The second-order valence-electron chi connectivity index (χ2n) is 9.42. The molecule has 142 valence electrons. The van der Waals surface area contributed by atoms with E-state index in [9.17, 15) is 15.3 Å². The van der Waals surface area contributed by atoms with Gasteiger partial charge in [0, 0.05) is 23.6 Å². The lowest BCUT2D eigenvalue weighted by molar-refractivity contribution is -0.186. The molecule has 0 amide bonds. The molecular formula is C22H31NO3. The van der Waals surface area contributed by atoms with E-state index in [2.05, 4.69) is 11.8 Å². The lowest BCUT2D eigenvalue weighted by Crippen LogP contribution is -2.74. The minimum Gasteiger partial charge on any atom is -0.504 e.